The third kappa shape index (κ3) is 1.72. The Morgan fingerprint density at radius 2 is 2.33 bits per heavy atom. The van der Waals surface area contributed by atoms with E-state index in [4.69, 9.17) is 11.0 Å². The van der Waals surface area contributed by atoms with E-state index < -0.39 is 0 Å². The van der Waals surface area contributed by atoms with Crippen LogP contribution in [0.25, 0.3) is 0 Å². The highest BCUT2D eigenvalue weighted by molar-refractivity contribution is 5.41. The molecule has 0 amide bonds. The normalized spacial score (nSPS) is 9.67. The molecule has 0 bridgehead atoms. The maximum Gasteiger partial charge on any atom is 0.206 e. The third-order valence-corrected chi connectivity index (χ3v) is 1.50. The number of nitriles is 1. The molecule has 1 rings (SSSR count). The Hall–Kier alpha value is -1.57. The Labute approximate surface area is 70.8 Å². The predicted molar refractivity (Wildman–Crippen MR) is 44.1 cm³/mol. The molecule has 0 radical (unpaired) electrons. The molecule has 0 fully saturated rings. The van der Waals surface area contributed by atoms with Crippen LogP contribution < -0.4 is 5.73 Å². The molecule has 0 aliphatic rings. The molecule has 1 heterocycles. The van der Waals surface area contributed by atoms with E-state index in [-0.39, 0.29) is 11.5 Å². The van der Waals surface area contributed by atoms with Gasteiger partial charge in [0, 0.05) is 0 Å². The number of rotatable bonds is 3. The molecule has 0 aliphatic heterocycles. The van der Waals surface area contributed by atoms with Crippen LogP contribution >= 0.6 is 0 Å². The topological polar surface area (TPSA) is 80.5 Å². The second-order valence-corrected chi connectivity index (χ2v) is 2.50. The quantitative estimate of drug-likeness (QED) is 0.708. The lowest BCUT2D eigenvalue weighted by atomic mass is 10.3. The zero-order valence-corrected chi connectivity index (χ0v) is 6.99. The standard InChI is InChI=1S/C7H11N5/c1-2-3-4-12-10-6(5-8)7(9)11-12/h2-4H2,1H3,(H2,9,11). The van der Waals surface area contributed by atoms with Crippen LogP contribution in [0.2, 0.25) is 0 Å². The van der Waals surface area contributed by atoms with E-state index in [1.54, 1.807) is 0 Å². The highest BCUT2D eigenvalue weighted by atomic mass is 15.5. The van der Waals surface area contributed by atoms with Crippen LogP contribution in [0.1, 0.15) is 25.5 Å². The van der Waals surface area contributed by atoms with E-state index >= 15 is 0 Å². The van der Waals surface area contributed by atoms with Gasteiger partial charge in [0.25, 0.3) is 0 Å². The van der Waals surface area contributed by atoms with Crippen molar-refractivity contribution >= 4 is 5.82 Å². The van der Waals surface area contributed by atoms with Crippen molar-refractivity contribution in [3.05, 3.63) is 5.69 Å². The van der Waals surface area contributed by atoms with E-state index in [0.717, 1.165) is 19.4 Å². The fourth-order valence-corrected chi connectivity index (χ4v) is 0.840. The Morgan fingerprint density at radius 1 is 1.58 bits per heavy atom. The van der Waals surface area contributed by atoms with Gasteiger partial charge < -0.3 is 5.73 Å². The average molecular weight is 165 g/mol. The third-order valence-electron chi connectivity index (χ3n) is 1.50. The van der Waals surface area contributed by atoms with Gasteiger partial charge in [-0.1, -0.05) is 13.3 Å². The van der Waals surface area contributed by atoms with Crippen molar-refractivity contribution in [2.24, 2.45) is 0 Å². The highest BCUT2D eigenvalue weighted by Gasteiger charge is 2.04. The molecule has 0 aliphatic carbocycles. The van der Waals surface area contributed by atoms with E-state index in [1.807, 2.05) is 6.07 Å². The average Bonchev–Trinajstić information content (AvgIpc) is 2.43. The van der Waals surface area contributed by atoms with Gasteiger partial charge in [0.1, 0.15) is 6.07 Å². The van der Waals surface area contributed by atoms with Gasteiger partial charge >= 0.3 is 0 Å². The van der Waals surface area contributed by atoms with Gasteiger partial charge in [-0.15, -0.1) is 10.2 Å². The molecule has 64 valence electrons. The molecule has 0 saturated heterocycles. The van der Waals surface area contributed by atoms with Gasteiger partial charge in [-0.2, -0.15) is 10.1 Å². The van der Waals surface area contributed by atoms with Crippen LogP contribution in [0.5, 0.6) is 0 Å². The van der Waals surface area contributed by atoms with Crippen molar-refractivity contribution in [1.82, 2.24) is 15.0 Å². The molecule has 5 nitrogen and oxygen atoms in total. The molecule has 2 N–H and O–H groups in total. The van der Waals surface area contributed by atoms with Gasteiger partial charge in [-0.25, -0.2) is 0 Å². The van der Waals surface area contributed by atoms with Crippen molar-refractivity contribution in [2.75, 3.05) is 5.73 Å². The summed E-state index contributed by atoms with van der Waals surface area (Å²) in [7, 11) is 0. The number of unbranched alkanes of at least 4 members (excludes halogenated alkanes) is 1. The molecule has 0 aromatic carbocycles. The summed E-state index contributed by atoms with van der Waals surface area (Å²) in [5, 5.41) is 16.3. The van der Waals surface area contributed by atoms with Gasteiger partial charge in [0.15, 0.2) is 5.82 Å². The van der Waals surface area contributed by atoms with Gasteiger partial charge in [-0.05, 0) is 6.42 Å². The SMILES string of the molecule is CCCCn1nc(N)c(C#N)n1. The van der Waals surface area contributed by atoms with Gasteiger partial charge in [0.05, 0.1) is 6.54 Å². The van der Waals surface area contributed by atoms with Crippen molar-refractivity contribution in [2.45, 2.75) is 26.3 Å². The Bertz CT molecular complexity index is 295. The molecule has 0 atom stereocenters. The van der Waals surface area contributed by atoms with Crippen molar-refractivity contribution in [3.63, 3.8) is 0 Å². The minimum atomic E-state index is 0.214. The van der Waals surface area contributed by atoms with Crippen LogP contribution in [0.4, 0.5) is 5.82 Å². The molecule has 0 saturated carbocycles. The van der Waals surface area contributed by atoms with E-state index in [9.17, 15) is 0 Å². The first kappa shape index (κ1) is 8.53. The van der Waals surface area contributed by atoms with Crippen LogP contribution in [-0.2, 0) is 6.54 Å². The summed E-state index contributed by atoms with van der Waals surface area (Å²) in [5.74, 6) is 0.216. The molecule has 0 spiro atoms. The molecule has 1 aromatic rings. The Morgan fingerprint density at radius 3 is 2.83 bits per heavy atom. The fraction of sp³-hybridized carbons (Fsp3) is 0.571. The molecular formula is C7H11N5. The van der Waals surface area contributed by atoms with Crippen LogP contribution in [0, 0.1) is 11.3 Å². The lowest BCUT2D eigenvalue weighted by molar-refractivity contribution is 0.508. The number of aromatic nitrogens is 3. The zero-order valence-electron chi connectivity index (χ0n) is 6.99. The lowest BCUT2D eigenvalue weighted by Gasteiger charge is -1.94. The minimum absolute atomic E-state index is 0.214. The smallest absolute Gasteiger partial charge is 0.206 e. The largest absolute Gasteiger partial charge is 0.380 e. The van der Waals surface area contributed by atoms with Gasteiger partial charge in [0.2, 0.25) is 5.69 Å². The monoisotopic (exact) mass is 165 g/mol. The van der Waals surface area contributed by atoms with Gasteiger partial charge in [-0.3, -0.25) is 0 Å². The van der Waals surface area contributed by atoms with Crippen LogP contribution in [0.15, 0.2) is 0 Å². The summed E-state index contributed by atoms with van der Waals surface area (Å²) in [5.41, 5.74) is 5.62. The number of anilines is 1. The number of nitrogen functional groups attached to an aromatic ring is 1. The summed E-state index contributed by atoms with van der Waals surface area (Å²) in [6, 6.07) is 1.87. The summed E-state index contributed by atoms with van der Waals surface area (Å²) >= 11 is 0. The first-order valence-electron chi connectivity index (χ1n) is 3.88. The predicted octanol–water partition coefficient (Wildman–Crippen LogP) is 0.532. The first-order valence-corrected chi connectivity index (χ1v) is 3.88. The highest BCUT2D eigenvalue weighted by Crippen LogP contribution is 2.02. The number of hydrogen-bond acceptors (Lipinski definition) is 4. The Balaban J connectivity index is 2.70. The van der Waals surface area contributed by atoms with Crippen molar-refractivity contribution in [1.29, 1.82) is 5.26 Å². The van der Waals surface area contributed by atoms with E-state index in [2.05, 4.69) is 17.1 Å². The summed E-state index contributed by atoms with van der Waals surface area (Å²) in [4.78, 5) is 1.47. The minimum Gasteiger partial charge on any atom is -0.380 e. The van der Waals surface area contributed by atoms with Crippen LogP contribution in [-0.4, -0.2) is 15.0 Å². The number of nitrogens with two attached hydrogens (primary N) is 1. The second-order valence-electron chi connectivity index (χ2n) is 2.50. The van der Waals surface area contributed by atoms with E-state index in [0.29, 0.717) is 0 Å². The molecular weight excluding hydrogens is 154 g/mol. The molecule has 1 aromatic heterocycles. The van der Waals surface area contributed by atoms with E-state index in [1.165, 1.54) is 4.80 Å². The summed E-state index contributed by atoms with van der Waals surface area (Å²) < 4.78 is 0. The van der Waals surface area contributed by atoms with Crippen molar-refractivity contribution < 1.29 is 0 Å². The molecule has 0 unspecified atom stereocenters. The maximum absolute atomic E-state index is 8.51. The number of hydrogen-bond donors (Lipinski definition) is 1. The summed E-state index contributed by atoms with van der Waals surface area (Å²) in [6.07, 6.45) is 2.07. The second kappa shape index (κ2) is 3.72. The fourth-order valence-electron chi connectivity index (χ4n) is 0.840. The Kier molecular flexibility index (Phi) is 2.64. The lowest BCUT2D eigenvalue weighted by Crippen LogP contribution is -2.02. The summed E-state index contributed by atoms with van der Waals surface area (Å²) in [6.45, 7) is 2.81. The van der Waals surface area contributed by atoms with Crippen LogP contribution in [0.3, 0.4) is 0 Å². The molecule has 5 heteroatoms. The maximum atomic E-state index is 8.51. The van der Waals surface area contributed by atoms with Crippen molar-refractivity contribution in [3.8, 4) is 6.07 Å². The molecule has 12 heavy (non-hydrogen) atoms. The number of aryl methyl sites for hydroxylation is 1. The zero-order chi connectivity index (χ0) is 8.97. The number of nitrogens with zero attached hydrogens (tertiary/aromatic N) is 4. The first-order chi connectivity index (χ1) is 5.77.